The molecule has 0 atom stereocenters. The lowest BCUT2D eigenvalue weighted by molar-refractivity contribution is 0.964. The van der Waals surface area contributed by atoms with Gasteiger partial charge in [0.25, 0.3) is 0 Å². The highest BCUT2D eigenvalue weighted by Crippen LogP contribution is 2.38. The molecule has 0 aliphatic carbocycles. The van der Waals surface area contributed by atoms with E-state index in [4.69, 9.17) is 20.2 Å². The molecular formula is C42H26N6. The van der Waals surface area contributed by atoms with E-state index in [2.05, 4.69) is 109 Å². The fourth-order valence-corrected chi connectivity index (χ4v) is 6.93. The van der Waals surface area contributed by atoms with Crippen molar-refractivity contribution in [1.29, 1.82) is 0 Å². The lowest BCUT2D eigenvalue weighted by atomic mass is 9.91. The minimum atomic E-state index is 0.651. The van der Waals surface area contributed by atoms with Gasteiger partial charge in [-0.2, -0.15) is 0 Å². The molecular weight excluding hydrogens is 589 g/mol. The van der Waals surface area contributed by atoms with Gasteiger partial charge in [-0.15, -0.1) is 10.2 Å². The Bertz CT molecular complexity index is 2670. The maximum absolute atomic E-state index is 4.84. The highest BCUT2D eigenvalue weighted by molar-refractivity contribution is 6.25. The van der Waals surface area contributed by atoms with Crippen LogP contribution in [0.15, 0.2) is 158 Å². The maximum atomic E-state index is 4.84. The number of nitrogens with zero attached hydrogens (tertiary/aromatic N) is 6. The molecule has 0 bridgehead atoms. The predicted octanol–water partition coefficient (Wildman–Crippen LogP) is 9.90. The first kappa shape index (κ1) is 26.5. The average Bonchev–Trinajstić information content (AvgIpc) is 3.80. The van der Waals surface area contributed by atoms with E-state index in [1.807, 2.05) is 48.8 Å². The van der Waals surface area contributed by atoms with Crippen molar-refractivity contribution >= 4 is 43.6 Å². The molecule has 0 unspecified atom stereocenters. The van der Waals surface area contributed by atoms with Crippen LogP contribution in [0.4, 0.5) is 0 Å². The largest absolute Gasteiger partial charge is 0.221 e. The standard InChI is InChI=1S/C42H26N6/c1-2-14-35-33(12-1)34-13-3-4-15-36(34)38-26-29(18-19-37(35)38)27-10-9-11-28(22-27)30-23-31(41-43-39-16-5-7-20-47(39)45-41)25-32(24-30)42-44-40-17-6-8-21-48(40)46-42/h1-26H. The van der Waals surface area contributed by atoms with Crippen molar-refractivity contribution in [1.82, 2.24) is 29.2 Å². The van der Waals surface area contributed by atoms with Crippen molar-refractivity contribution in [3.63, 3.8) is 0 Å². The molecule has 0 radical (unpaired) electrons. The van der Waals surface area contributed by atoms with Gasteiger partial charge in [0.2, 0.25) is 0 Å². The molecule has 0 saturated carbocycles. The zero-order chi connectivity index (χ0) is 31.6. The lowest BCUT2D eigenvalue weighted by Gasteiger charge is -2.13. The quantitative estimate of drug-likeness (QED) is 0.185. The zero-order valence-electron chi connectivity index (χ0n) is 25.7. The van der Waals surface area contributed by atoms with Crippen molar-refractivity contribution in [3.05, 3.63) is 158 Å². The summed E-state index contributed by atoms with van der Waals surface area (Å²) in [5.74, 6) is 1.30. The highest BCUT2D eigenvalue weighted by Gasteiger charge is 2.15. The molecule has 0 saturated heterocycles. The van der Waals surface area contributed by atoms with Gasteiger partial charge in [-0.25, -0.2) is 19.0 Å². The van der Waals surface area contributed by atoms with E-state index in [1.54, 1.807) is 9.03 Å². The third-order valence-electron chi connectivity index (χ3n) is 9.21. The molecule has 0 aliphatic heterocycles. The number of hydrogen-bond donors (Lipinski definition) is 0. The summed E-state index contributed by atoms with van der Waals surface area (Å²) in [6.45, 7) is 0. The van der Waals surface area contributed by atoms with Gasteiger partial charge in [0.05, 0.1) is 0 Å². The van der Waals surface area contributed by atoms with Gasteiger partial charge < -0.3 is 0 Å². The number of hydrogen-bond acceptors (Lipinski definition) is 4. The van der Waals surface area contributed by atoms with E-state index in [0.29, 0.717) is 11.6 Å². The van der Waals surface area contributed by atoms with E-state index < -0.39 is 0 Å². The fourth-order valence-electron chi connectivity index (χ4n) is 6.93. The Balaban J connectivity index is 1.14. The Labute approximate surface area is 275 Å². The van der Waals surface area contributed by atoms with E-state index in [-0.39, 0.29) is 0 Å². The van der Waals surface area contributed by atoms with Gasteiger partial charge >= 0.3 is 0 Å². The zero-order valence-corrected chi connectivity index (χ0v) is 25.7. The fraction of sp³-hybridized carbons (Fsp3) is 0. The lowest BCUT2D eigenvalue weighted by Crippen LogP contribution is -1.91. The highest BCUT2D eigenvalue weighted by atomic mass is 15.3. The molecule has 0 spiro atoms. The first-order valence-corrected chi connectivity index (χ1v) is 16.0. The van der Waals surface area contributed by atoms with Gasteiger partial charge in [-0.1, -0.05) is 91.0 Å². The van der Waals surface area contributed by atoms with E-state index in [0.717, 1.165) is 39.1 Å². The van der Waals surface area contributed by atoms with Gasteiger partial charge in [-0.05, 0) is 109 Å². The van der Waals surface area contributed by atoms with Crippen LogP contribution in [0.2, 0.25) is 0 Å². The normalized spacial score (nSPS) is 11.8. The van der Waals surface area contributed by atoms with Gasteiger partial charge in [0, 0.05) is 23.5 Å². The second kappa shape index (κ2) is 10.4. The van der Waals surface area contributed by atoms with Crippen LogP contribution in [0.1, 0.15) is 0 Å². The smallest absolute Gasteiger partial charge is 0.182 e. The third-order valence-corrected chi connectivity index (χ3v) is 9.21. The molecule has 48 heavy (non-hydrogen) atoms. The monoisotopic (exact) mass is 614 g/mol. The summed E-state index contributed by atoms with van der Waals surface area (Å²) in [6.07, 6.45) is 3.83. The van der Waals surface area contributed by atoms with Crippen LogP contribution < -0.4 is 0 Å². The Hall–Kier alpha value is -6.66. The van der Waals surface area contributed by atoms with Crippen LogP contribution in [0, 0.1) is 0 Å². The van der Waals surface area contributed by atoms with Crippen molar-refractivity contribution in [2.75, 3.05) is 0 Å². The van der Waals surface area contributed by atoms with Crippen LogP contribution in [0.5, 0.6) is 0 Å². The average molecular weight is 615 g/mol. The molecule has 4 heterocycles. The summed E-state index contributed by atoms with van der Waals surface area (Å²) in [6, 6.07) is 51.2. The predicted molar refractivity (Wildman–Crippen MR) is 194 cm³/mol. The first-order valence-electron chi connectivity index (χ1n) is 16.0. The Morgan fingerprint density at radius 3 is 1.31 bits per heavy atom. The minimum Gasteiger partial charge on any atom is -0.221 e. The number of pyridine rings is 2. The van der Waals surface area contributed by atoms with Crippen molar-refractivity contribution in [3.8, 4) is 45.0 Å². The summed E-state index contributed by atoms with van der Waals surface area (Å²) >= 11 is 0. The molecule has 0 fully saturated rings. The van der Waals surface area contributed by atoms with Crippen LogP contribution >= 0.6 is 0 Å². The Morgan fingerprint density at radius 1 is 0.312 bits per heavy atom. The second-order valence-electron chi connectivity index (χ2n) is 12.1. The molecule has 4 aromatic heterocycles. The number of fused-ring (bicyclic) bond motifs is 8. The van der Waals surface area contributed by atoms with E-state index in [9.17, 15) is 0 Å². The molecule has 0 aliphatic rings. The molecule has 6 heteroatoms. The molecule has 6 nitrogen and oxygen atoms in total. The van der Waals surface area contributed by atoms with Gasteiger partial charge in [0.1, 0.15) is 0 Å². The molecule has 0 N–H and O–H groups in total. The summed E-state index contributed by atoms with van der Waals surface area (Å²) in [5, 5.41) is 17.2. The Kier molecular flexibility index (Phi) is 5.77. The van der Waals surface area contributed by atoms with Crippen LogP contribution in [0.3, 0.4) is 0 Å². The molecule has 6 aromatic carbocycles. The van der Waals surface area contributed by atoms with E-state index in [1.165, 1.54) is 37.9 Å². The van der Waals surface area contributed by atoms with Crippen LogP contribution in [0.25, 0.3) is 88.6 Å². The number of benzene rings is 6. The first-order chi connectivity index (χ1) is 23.7. The summed E-state index contributed by atoms with van der Waals surface area (Å²) in [4.78, 5) is 9.68. The SMILES string of the molecule is c1cc(-c2cc(-c3nc4ccccn4n3)cc(-c3nc4ccccn4n3)c2)cc(-c2ccc3c4ccccc4c4ccccc4c3c2)c1. The van der Waals surface area contributed by atoms with Crippen molar-refractivity contribution < 1.29 is 0 Å². The topological polar surface area (TPSA) is 60.4 Å². The van der Waals surface area contributed by atoms with Crippen LogP contribution in [-0.4, -0.2) is 29.2 Å². The van der Waals surface area contributed by atoms with Crippen molar-refractivity contribution in [2.24, 2.45) is 0 Å². The maximum Gasteiger partial charge on any atom is 0.182 e. The second-order valence-corrected chi connectivity index (χ2v) is 12.1. The van der Waals surface area contributed by atoms with Gasteiger partial charge in [-0.3, -0.25) is 0 Å². The molecule has 0 amide bonds. The summed E-state index contributed by atoms with van der Waals surface area (Å²) in [7, 11) is 0. The minimum absolute atomic E-state index is 0.651. The number of rotatable bonds is 4. The third kappa shape index (κ3) is 4.27. The summed E-state index contributed by atoms with van der Waals surface area (Å²) in [5.41, 5.74) is 7.85. The summed E-state index contributed by atoms with van der Waals surface area (Å²) < 4.78 is 3.61. The number of aromatic nitrogens is 6. The van der Waals surface area contributed by atoms with E-state index >= 15 is 0 Å². The molecule has 10 aromatic rings. The molecule has 10 rings (SSSR count). The van der Waals surface area contributed by atoms with Crippen molar-refractivity contribution in [2.45, 2.75) is 0 Å². The van der Waals surface area contributed by atoms with Crippen LogP contribution in [-0.2, 0) is 0 Å². The Morgan fingerprint density at radius 2 is 0.750 bits per heavy atom. The molecule has 224 valence electrons. The van der Waals surface area contributed by atoms with Gasteiger partial charge in [0.15, 0.2) is 22.9 Å².